The lowest BCUT2D eigenvalue weighted by atomic mass is 9.79. The van der Waals surface area contributed by atoms with E-state index in [1.54, 1.807) is 12.1 Å². The van der Waals surface area contributed by atoms with Crippen LogP contribution in [0, 0.1) is 0 Å². The van der Waals surface area contributed by atoms with Crippen molar-refractivity contribution in [2.45, 2.75) is 146 Å². The molecule has 0 saturated carbocycles. The van der Waals surface area contributed by atoms with E-state index >= 15 is 0 Å². The summed E-state index contributed by atoms with van der Waals surface area (Å²) in [5.41, 5.74) is 1.11. The molecule has 1 aliphatic heterocycles. The molecular weight excluding hydrogens is 498 g/mol. The van der Waals surface area contributed by atoms with Crippen LogP contribution >= 0.6 is 0 Å². The van der Waals surface area contributed by atoms with Crippen molar-refractivity contribution >= 4 is 10.1 Å². The molecule has 38 heavy (non-hydrogen) atoms. The molecule has 1 aromatic carbocycles. The molecule has 1 unspecified atom stereocenters. The Bertz CT molecular complexity index is 879. The molecule has 0 bridgehead atoms. The molecular formula is C31H55NO5S. The summed E-state index contributed by atoms with van der Waals surface area (Å²) in [5, 5.41) is 10.3. The van der Waals surface area contributed by atoms with Crippen LogP contribution in [0.1, 0.15) is 117 Å². The largest absolute Gasteiger partial charge is 0.388 e. The first-order chi connectivity index (χ1) is 17.9. The van der Waals surface area contributed by atoms with E-state index in [2.05, 4.69) is 46.6 Å². The molecule has 7 heteroatoms. The number of unbranched alkanes of at least 4 members (excludes halogenated alkanes) is 9. The van der Waals surface area contributed by atoms with Gasteiger partial charge in [-0.25, -0.2) is 0 Å². The van der Waals surface area contributed by atoms with Crippen molar-refractivity contribution in [2.75, 3.05) is 20.3 Å². The van der Waals surface area contributed by atoms with Crippen LogP contribution in [0.15, 0.2) is 29.2 Å². The highest BCUT2D eigenvalue weighted by Crippen LogP contribution is 2.38. The Balaban J connectivity index is 1.67. The van der Waals surface area contributed by atoms with Gasteiger partial charge in [0.2, 0.25) is 0 Å². The minimum Gasteiger partial charge on any atom is -0.388 e. The van der Waals surface area contributed by atoms with E-state index in [0.29, 0.717) is 0 Å². The Morgan fingerprint density at radius 1 is 0.868 bits per heavy atom. The average molecular weight is 554 g/mol. The number of hydrogen-bond donors (Lipinski definition) is 1. The lowest BCUT2D eigenvalue weighted by Crippen LogP contribution is -2.60. The van der Waals surface area contributed by atoms with Gasteiger partial charge < -0.3 is 9.84 Å². The Labute approximate surface area is 233 Å². The molecule has 0 aromatic heterocycles. The highest BCUT2D eigenvalue weighted by atomic mass is 32.2. The molecule has 6 nitrogen and oxygen atoms in total. The van der Waals surface area contributed by atoms with Gasteiger partial charge in [-0.2, -0.15) is 8.42 Å². The van der Waals surface area contributed by atoms with Crippen molar-refractivity contribution in [1.82, 2.24) is 4.90 Å². The van der Waals surface area contributed by atoms with E-state index in [4.69, 9.17) is 8.92 Å². The van der Waals surface area contributed by atoms with Gasteiger partial charge in [0, 0.05) is 11.1 Å². The van der Waals surface area contributed by atoms with E-state index in [1.165, 1.54) is 57.8 Å². The van der Waals surface area contributed by atoms with Crippen molar-refractivity contribution in [3.63, 3.8) is 0 Å². The van der Waals surface area contributed by atoms with Crippen LogP contribution in [0.4, 0.5) is 0 Å². The summed E-state index contributed by atoms with van der Waals surface area (Å²) in [7, 11) is -1.79. The number of ether oxygens (including phenoxy) is 1. The molecule has 0 aliphatic carbocycles. The number of hydrogen-bond acceptors (Lipinski definition) is 6. The zero-order valence-corrected chi connectivity index (χ0v) is 25.8. The molecule has 1 aromatic rings. The number of rotatable bonds is 18. The molecule has 1 saturated heterocycles. The van der Waals surface area contributed by atoms with Crippen molar-refractivity contribution in [3.05, 3.63) is 29.8 Å². The number of aliphatic hydroxyl groups excluding tert-OH is 1. The van der Waals surface area contributed by atoms with Crippen LogP contribution in [-0.2, 0) is 25.5 Å². The fraction of sp³-hybridized carbons (Fsp3) is 0.806. The quantitative estimate of drug-likeness (QED) is 0.158. The summed E-state index contributed by atoms with van der Waals surface area (Å²) in [4.78, 5) is 2.49. The van der Waals surface area contributed by atoms with Crippen LogP contribution in [0.25, 0.3) is 0 Å². The van der Waals surface area contributed by atoms with Crippen LogP contribution in [-0.4, -0.2) is 62.0 Å². The van der Waals surface area contributed by atoms with Crippen LogP contribution in [0.2, 0.25) is 0 Å². The maximum absolute atomic E-state index is 12.6. The van der Waals surface area contributed by atoms with Gasteiger partial charge in [0.1, 0.15) is 6.10 Å². The third kappa shape index (κ3) is 11.2. The molecule has 0 radical (unpaired) electrons. The predicted molar refractivity (Wildman–Crippen MR) is 156 cm³/mol. The van der Waals surface area contributed by atoms with E-state index < -0.39 is 16.2 Å². The Morgan fingerprint density at radius 3 is 1.89 bits per heavy atom. The summed E-state index contributed by atoms with van der Waals surface area (Å²) in [6.07, 6.45) is 14.7. The predicted octanol–water partition coefficient (Wildman–Crippen LogP) is 6.88. The Morgan fingerprint density at radius 2 is 1.37 bits per heavy atom. The first-order valence-electron chi connectivity index (χ1n) is 14.9. The number of benzene rings is 1. The van der Waals surface area contributed by atoms with Gasteiger partial charge >= 0.3 is 0 Å². The van der Waals surface area contributed by atoms with E-state index in [9.17, 15) is 13.5 Å². The molecule has 1 N–H and O–H groups in total. The van der Waals surface area contributed by atoms with Crippen LogP contribution in [0.3, 0.4) is 0 Å². The second kappa shape index (κ2) is 15.7. The standard InChI is InChI=1S/C31H55NO5S/c1-7-8-9-10-11-12-13-14-15-16-17-26-18-20-29(21-19-26)38(34,35)37-25-27(33)24-36-28-22-30(2,3)32(6)31(4,5)23-28/h18-21,27-28,33H,7-17,22-25H2,1-6H3. The van der Waals surface area contributed by atoms with E-state index in [-0.39, 0.29) is 35.3 Å². The summed E-state index contributed by atoms with van der Waals surface area (Å²) in [6.45, 7) is 10.8. The minimum absolute atomic E-state index is 0.00514. The van der Waals surface area contributed by atoms with Gasteiger partial charge in [0.15, 0.2) is 0 Å². The fourth-order valence-electron chi connectivity index (χ4n) is 5.57. The topological polar surface area (TPSA) is 76.1 Å². The molecule has 1 heterocycles. The molecule has 0 amide bonds. The molecule has 1 atom stereocenters. The van der Waals surface area contributed by atoms with Crippen molar-refractivity contribution in [2.24, 2.45) is 0 Å². The smallest absolute Gasteiger partial charge is 0.297 e. The number of likely N-dealkylation sites (tertiary alicyclic amines) is 1. The zero-order chi connectivity index (χ0) is 28.2. The summed E-state index contributed by atoms with van der Waals surface area (Å²) >= 11 is 0. The highest BCUT2D eigenvalue weighted by Gasteiger charge is 2.43. The molecule has 220 valence electrons. The normalized spacial score (nSPS) is 19.0. The van der Waals surface area contributed by atoms with Gasteiger partial charge in [-0.15, -0.1) is 0 Å². The monoisotopic (exact) mass is 553 g/mol. The van der Waals surface area contributed by atoms with Gasteiger partial charge in [0.05, 0.1) is 24.2 Å². The number of nitrogens with zero attached hydrogens (tertiary/aromatic N) is 1. The molecule has 2 rings (SSSR count). The third-order valence-electron chi connectivity index (χ3n) is 8.24. The van der Waals surface area contributed by atoms with Crippen molar-refractivity contribution in [3.8, 4) is 0 Å². The lowest BCUT2D eigenvalue weighted by molar-refractivity contribution is -0.108. The highest BCUT2D eigenvalue weighted by molar-refractivity contribution is 7.86. The molecule has 0 spiro atoms. The third-order valence-corrected chi connectivity index (χ3v) is 9.54. The summed E-state index contributed by atoms with van der Waals surface area (Å²) in [6, 6.07) is 6.94. The number of piperidine rings is 1. The fourth-order valence-corrected chi connectivity index (χ4v) is 6.51. The number of aryl methyl sites for hydroxylation is 1. The van der Waals surface area contributed by atoms with Gasteiger partial charge in [-0.05, 0) is 78.1 Å². The average Bonchev–Trinajstić information content (AvgIpc) is 2.86. The van der Waals surface area contributed by atoms with Gasteiger partial charge in [-0.3, -0.25) is 9.08 Å². The summed E-state index contributed by atoms with van der Waals surface area (Å²) < 4.78 is 36.4. The lowest BCUT2D eigenvalue weighted by Gasteiger charge is -2.53. The first kappa shape index (κ1) is 33.2. The second-order valence-corrected chi connectivity index (χ2v) is 14.1. The Hall–Kier alpha value is -0.990. The van der Waals surface area contributed by atoms with Gasteiger partial charge in [0.25, 0.3) is 10.1 Å². The van der Waals surface area contributed by atoms with Crippen molar-refractivity contribution in [1.29, 1.82) is 0 Å². The SMILES string of the molecule is CCCCCCCCCCCCc1ccc(S(=O)(=O)OCC(O)COC2CC(C)(C)N(C)C(C)(C)C2)cc1. The zero-order valence-electron chi connectivity index (χ0n) is 25.0. The molecule has 1 aliphatic rings. The number of aliphatic hydroxyl groups is 1. The van der Waals surface area contributed by atoms with Gasteiger partial charge in [-0.1, -0.05) is 76.8 Å². The van der Waals surface area contributed by atoms with E-state index in [1.807, 2.05) is 12.1 Å². The summed E-state index contributed by atoms with van der Waals surface area (Å²) in [5.74, 6) is 0. The van der Waals surface area contributed by atoms with Crippen LogP contribution < -0.4 is 0 Å². The Kier molecular flexibility index (Phi) is 13.7. The second-order valence-electron chi connectivity index (χ2n) is 12.5. The maximum atomic E-state index is 12.6. The first-order valence-corrected chi connectivity index (χ1v) is 16.3. The van der Waals surface area contributed by atoms with E-state index in [0.717, 1.165) is 31.2 Å². The minimum atomic E-state index is -3.93. The van der Waals surface area contributed by atoms with Crippen molar-refractivity contribution < 1.29 is 22.4 Å². The maximum Gasteiger partial charge on any atom is 0.297 e. The molecule has 1 fully saturated rings. The van der Waals surface area contributed by atoms with Crippen LogP contribution in [0.5, 0.6) is 0 Å².